The molecule has 4 N–H and O–H groups in total. The molecule has 1 heterocycles. The third-order valence-corrected chi connectivity index (χ3v) is 3.53. The number of carbonyl (C=O) groups is 2. The first-order valence-corrected chi connectivity index (χ1v) is 7.38. The van der Waals surface area contributed by atoms with E-state index in [4.69, 9.17) is 5.11 Å². The Kier molecular flexibility index (Phi) is 5.55. The molecule has 1 aromatic carbocycles. The van der Waals surface area contributed by atoms with Crippen LogP contribution in [-0.2, 0) is 4.79 Å². The zero-order chi connectivity index (χ0) is 15.9. The van der Waals surface area contributed by atoms with Crippen LogP contribution in [0.15, 0.2) is 30.4 Å². The van der Waals surface area contributed by atoms with E-state index in [0.717, 1.165) is 17.7 Å². The van der Waals surface area contributed by atoms with Gasteiger partial charge in [0.25, 0.3) is 5.91 Å². The molecule has 22 heavy (non-hydrogen) atoms. The van der Waals surface area contributed by atoms with Gasteiger partial charge in [0.05, 0.1) is 11.7 Å². The third kappa shape index (κ3) is 4.08. The van der Waals surface area contributed by atoms with Gasteiger partial charge in [0, 0.05) is 18.5 Å². The summed E-state index contributed by atoms with van der Waals surface area (Å²) in [6.45, 7) is 2.34. The number of fused-ring (bicyclic) bond motifs is 1. The predicted molar refractivity (Wildman–Crippen MR) is 84.6 cm³/mol. The predicted octanol–water partition coefficient (Wildman–Crippen LogP) is 2.22. The smallest absolute Gasteiger partial charge is 0.303 e. The summed E-state index contributed by atoms with van der Waals surface area (Å²) >= 11 is 0. The molecule has 0 saturated carbocycles. The minimum absolute atomic E-state index is 0.0593. The second kappa shape index (κ2) is 7.61. The lowest BCUT2D eigenvalue weighted by atomic mass is 10.0. The van der Waals surface area contributed by atoms with Gasteiger partial charge in [0.15, 0.2) is 0 Å². The molecule has 1 atom stereocenters. The van der Waals surface area contributed by atoms with Crippen molar-refractivity contribution >= 4 is 17.6 Å². The molecule has 118 valence electrons. The number of hydrogen-bond donors (Lipinski definition) is 4. The van der Waals surface area contributed by atoms with Crippen LogP contribution in [-0.4, -0.2) is 23.5 Å². The maximum Gasteiger partial charge on any atom is 0.303 e. The number of benzene rings is 1. The van der Waals surface area contributed by atoms with Gasteiger partial charge in [0.1, 0.15) is 0 Å². The highest BCUT2D eigenvalue weighted by Crippen LogP contribution is 2.31. The Morgan fingerprint density at radius 3 is 2.95 bits per heavy atom. The maximum absolute atomic E-state index is 12.1. The van der Waals surface area contributed by atoms with E-state index in [0.29, 0.717) is 18.5 Å². The summed E-state index contributed by atoms with van der Waals surface area (Å²) in [7, 11) is 0. The molecule has 0 aromatic heterocycles. The molecule has 0 saturated heterocycles. The largest absolute Gasteiger partial charge is 0.481 e. The van der Waals surface area contributed by atoms with Crippen LogP contribution in [0.25, 0.3) is 0 Å². The minimum Gasteiger partial charge on any atom is -0.481 e. The van der Waals surface area contributed by atoms with Crippen LogP contribution in [0, 0.1) is 0 Å². The van der Waals surface area contributed by atoms with Gasteiger partial charge in [-0.3, -0.25) is 9.59 Å². The van der Waals surface area contributed by atoms with Crippen molar-refractivity contribution in [3.8, 4) is 0 Å². The number of aliphatic carboxylic acids is 1. The molecule has 0 bridgehead atoms. The first kappa shape index (κ1) is 16.0. The minimum atomic E-state index is -0.851. The molecule has 0 aliphatic carbocycles. The Morgan fingerprint density at radius 2 is 2.23 bits per heavy atom. The van der Waals surface area contributed by atoms with E-state index in [1.807, 2.05) is 25.1 Å². The number of nitrogens with one attached hydrogen (secondary N) is 3. The molecule has 0 radical (unpaired) electrons. The molecular weight excluding hydrogens is 282 g/mol. The van der Waals surface area contributed by atoms with Gasteiger partial charge in [-0.1, -0.05) is 12.2 Å². The summed E-state index contributed by atoms with van der Waals surface area (Å²) in [5.74, 6) is -1.03. The van der Waals surface area contributed by atoms with Crippen LogP contribution in [0.3, 0.4) is 0 Å². The van der Waals surface area contributed by atoms with Crippen molar-refractivity contribution in [2.75, 3.05) is 12.0 Å². The number of carbonyl (C=O) groups excluding carboxylic acids is 1. The van der Waals surface area contributed by atoms with E-state index in [-0.39, 0.29) is 18.4 Å². The van der Waals surface area contributed by atoms with Crippen molar-refractivity contribution in [2.24, 2.45) is 0 Å². The molecule has 0 spiro atoms. The number of rotatable bonds is 7. The number of amides is 1. The van der Waals surface area contributed by atoms with Crippen LogP contribution in [0.5, 0.6) is 0 Å². The van der Waals surface area contributed by atoms with E-state index >= 15 is 0 Å². The number of anilines is 1. The zero-order valence-electron chi connectivity index (χ0n) is 12.6. The Bertz CT molecular complexity index is 584. The molecule has 6 nitrogen and oxygen atoms in total. The second-order valence-electron chi connectivity index (χ2n) is 5.18. The summed E-state index contributed by atoms with van der Waals surface area (Å²) in [5.41, 5.74) is 8.94. The fraction of sp³-hybridized carbons (Fsp3) is 0.375. The standard InChI is InChI=1S/C16H21N3O3/c1-2-3-5-13-12-10-11(7-8-14(12)19-18-13)16(22)17-9-4-6-15(20)21/h2-3,7-8,10,13,18-19H,4-6,9H2,1H3,(H,17,22)(H,20,21)/b3-2-. The van der Waals surface area contributed by atoms with Crippen LogP contribution in [0.4, 0.5) is 5.69 Å². The van der Waals surface area contributed by atoms with Crippen molar-refractivity contribution in [3.63, 3.8) is 0 Å². The molecular formula is C16H21N3O3. The average Bonchev–Trinajstić information content (AvgIpc) is 2.91. The normalized spacial score (nSPS) is 16.3. The van der Waals surface area contributed by atoms with Gasteiger partial charge in [-0.25, -0.2) is 5.43 Å². The fourth-order valence-corrected chi connectivity index (χ4v) is 2.35. The monoisotopic (exact) mass is 303 g/mol. The number of allylic oxidation sites excluding steroid dienone is 1. The first-order valence-electron chi connectivity index (χ1n) is 7.38. The summed E-state index contributed by atoms with van der Waals surface area (Å²) in [6.07, 6.45) is 5.41. The summed E-state index contributed by atoms with van der Waals surface area (Å²) in [5, 5.41) is 11.3. The summed E-state index contributed by atoms with van der Waals surface area (Å²) in [4.78, 5) is 22.5. The Morgan fingerprint density at radius 1 is 1.41 bits per heavy atom. The van der Waals surface area contributed by atoms with Gasteiger partial charge in [0.2, 0.25) is 0 Å². The zero-order valence-corrected chi connectivity index (χ0v) is 12.6. The maximum atomic E-state index is 12.1. The van der Waals surface area contributed by atoms with Crippen molar-refractivity contribution in [1.82, 2.24) is 10.7 Å². The Labute approximate surface area is 129 Å². The number of carboxylic acids is 1. The van der Waals surface area contributed by atoms with E-state index in [1.54, 1.807) is 6.07 Å². The molecule has 1 aliphatic heterocycles. The van der Waals surface area contributed by atoms with Gasteiger partial charge >= 0.3 is 5.97 Å². The third-order valence-electron chi connectivity index (χ3n) is 3.53. The highest BCUT2D eigenvalue weighted by molar-refractivity contribution is 5.95. The molecule has 1 amide bonds. The summed E-state index contributed by atoms with van der Waals surface area (Å²) < 4.78 is 0. The molecule has 6 heteroatoms. The number of hydrogen-bond acceptors (Lipinski definition) is 4. The Balaban J connectivity index is 1.98. The van der Waals surface area contributed by atoms with E-state index < -0.39 is 5.97 Å². The van der Waals surface area contributed by atoms with Crippen molar-refractivity contribution in [2.45, 2.75) is 32.2 Å². The lowest BCUT2D eigenvalue weighted by Gasteiger charge is -2.09. The van der Waals surface area contributed by atoms with E-state index in [2.05, 4.69) is 22.2 Å². The second-order valence-corrected chi connectivity index (χ2v) is 5.18. The highest BCUT2D eigenvalue weighted by atomic mass is 16.4. The van der Waals surface area contributed by atoms with Crippen LogP contribution >= 0.6 is 0 Å². The lowest BCUT2D eigenvalue weighted by molar-refractivity contribution is -0.137. The van der Waals surface area contributed by atoms with Crippen LogP contribution < -0.4 is 16.2 Å². The van der Waals surface area contributed by atoms with Crippen molar-refractivity contribution < 1.29 is 14.7 Å². The van der Waals surface area contributed by atoms with Gasteiger partial charge < -0.3 is 15.8 Å². The quantitative estimate of drug-likeness (QED) is 0.458. The number of hydrazine groups is 1. The highest BCUT2D eigenvalue weighted by Gasteiger charge is 2.21. The van der Waals surface area contributed by atoms with Crippen LogP contribution in [0.1, 0.15) is 48.1 Å². The molecule has 1 aromatic rings. The molecule has 1 aliphatic rings. The van der Waals surface area contributed by atoms with E-state index in [9.17, 15) is 9.59 Å². The van der Waals surface area contributed by atoms with Gasteiger partial charge in [-0.15, -0.1) is 0 Å². The Hall–Kier alpha value is -2.34. The molecule has 1 unspecified atom stereocenters. The average molecular weight is 303 g/mol. The van der Waals surface area contributed by atoms with Gasteiger partial charge in [-0.05, 0) is 43.5 Å². The van der Waals surface area contributed by atoms with Crippen LogP contribution in [0.2, 0.25) is 0 Å². The topological polar surface area (TPSA) is 90.5 Å². The first-order chi connectivity index (χ1) is 10.6. The van der Waals surface area contributed by atoms with Crippen molar-refractivity contribution in [1.29, 1.82) is 0 Å². The van der Waals surface area contributed by atoms with Crippen molar-refractivity contribution in [3.05, 3.63) is 41.5 Å². The molecule has 0 fully saturated rings. The fourth-order valence-electron chi connectivity index (χ4n) is 2.35. The van der Waals surface area contributed by atoms with Gasteiger partial charge in [-0.2, -0.15) is 0 Å². The summed E-state index contributed by atoms with van der Waals surface area (Å²) in [6, 6.07) is 5.66. The van der Waals surface area contributed by atoms with E-state index in [1.165, 1.54) is 0 Å². The SMILES string of the molecule is C/C=C\CC1NNc2ccc(C(=O)NCCCC(=O)O)cc21. The lowest BCUT2D eigenvalue weighted by Crippen LogP contribution is -2.25. The number of carboxylic acid groups (broad SMARTS) is 1. The molecule has 2 rings (SSSR count).